The lowest BCUT2D eigenvalue weighted by molar-refractivity contribution is -0.120. The Labute approximate surface area is 180 Å². The first kappa shape index (κ1) is 20.2. The number of benzene rings is 2. The van der Waals surface area contributed by atoms with E-state index in [0.717, 1.165) is 42.2 Å². The zero-order valence-electron chi connectivity index (χ0n) is 16.7. The SMILES string of the molecule is COc1ccc(-c2cc(N3CCC[C@H](C(=O)Nc4ccccc4Cl)C3)ncn2)cc1. The Bertz CT molecular complexity index is 1030. The first-order chi connectivity index (χ1) is 14.6. The van der Waals surface area contributed by atoms with Gasteiger partial charge in [0.2, 0.25) is 5.91 Å². The summed E-state index contributed by atoms with van der Waals surface area (Å²) in [4.78, 5) is 23.8. The first-order valence-electron chi connectivity index (χ1n) is 9.91. The third-order valence-electron chi connectivity index (χ3n) is 5.29. The molecule has 7 heteroatoms. The molecule has 1 atom stereocenters. The van der Waals surface area contributed by atoms with E-state index in [1.165, 1.54) is 0 Å². The van der Waals surface area contributed by atoms with Crippen LogP contribution in [-0.2, 0) is 4.79 Å². The van der Waals surface area contributed by atoms with E-state index in [2.05, 4.69) is 20.2 Å². The molecule has 154 valence electrons. The standard InChI is InChI=1S/C23H23ClN4O2/c1-30-18-10-8-16(9-11-18)21-13-22(26-15-25-21)28-12-4-5-17(14-28)23(29)27-20-7-3-2-6-19(20)24/h2-3,6-11,13,15,17H,4-5,12,14H2,1H3,(H,27,29)/t17-/m0/s1. The number of nitrogens with one attached hydrogen (secondary N) is 1. The molecule has 1 fully saturated rings. The molecule has 2 aromatic carbocycles. The van der Waals surface area contributed by atoms with Crippen molar-refractivity contribution >= 4 is 29.0 Å². The second-order valence-electron chi connectivity index (χ2n) is 7.24. The van der Waals surface area contributed by atoms with Crippen LogP contribution < -0.4 is 15.0 Å². The third kappa shape index (κ3) is 4.54. The fraction of sp³-hybridized carbons (Fsp3) is 0.261. The van der Waals surface area contributed by atoms with E-state index in [1.807, 2.05) is 48.5 Å². The summed E-state index contributed by atoms with van der Waals surface area (Å²) in [5.41, 5.74) is 2.47. The first-order valence-corrected chi connectivity index (χ1v) is 10.3. The van der Waals surface area contributed by atoms with Gasteiger partial charge in [-0.2, -0.15) is 0 Å². The summed E-state index contributed by atoms with van der Waals surface area (Å²) in [5.74, 6) is 1.48. The molecule has 1 N–H and O–H groups in total. The summed E-state index contributed by atoms with van der Waals surface area (Å²) < 4.78 is 5.22. The zero-order chi connectivity index (χ0) is 20.9. The van der Waals surface area contributed by atoms with E-state index in [-0.39, 0.29) is 11.8 Å². The van der Waals surface area contributed by atoms with Crippen molar-refractivity contribution in [1.29, 1.82) is 0 Å². The molecule has 0 bridgehead atoms. The van der Waals surface area contributed by atoms with Crippen LogP contribution in [0.2, 0.25) is 5.02 Å². The Hall–Kier alpha value is -3.12. The fourth-order valence-corrected chi connectivity index (χ4v) is 3.82. The third-order valence-corrected chi connectivity index (χ3v) is 5.62. The lowest BCUT2D eigenvalue weighted by atomic mass is 9.97. The van der Waals surface area contributed by atoms with Gasteiger partial charge >= 0.3 is 0 Å². The largest absolute Gasteiger partial charge is 0.497 e. The summed E-state index contributed by atoms with van der Waals surface area (Å²) in [6.07, 6.45) is 3.33. The number of carbonyl (C=O) groups is 1. The summed E-state index contributed by atoms with van der Waals surface area (Å²) in [6.45, 7) is 1.46. The Morgan fingerprint density at radius 2 is 1.97 bits per heavy atom. The fourth-order valence-electron chi connectivity index (χ4n) is 3.64. The minimum absolute atomic E-state index is 0.0165. The second kappa shape index (κ2) is 9.13. The van der Waals surface area contributed by atoms with Crippen molar-refractivity contribution in [3.63, 3.8) is 0 Å². The number of rotatable bonds is 5. The van der Waals surface area contributed by atoms with Crippen molar-refractivity contribution in [1.82, 2.24) is 9.97 Å². The Balaban J connectivity index is 1.47. The molecular formula is C23H23ClN4O2. The molecule has 1 aliphatic heterocycles. The van der Waals surface area contributed by atoms with Crippen molar-refractivity contribution in [3.8, 4) is 17.0 Å². The van der Waals surface area contributed by atoms with Gasteiger partial charge in [0.25, 0.3) is 0 Å². The van der Waals surface area contributed by atoms with Gasteiger partial charge in [-0.05, 0) is 49.2 Å². The van der Waals surface area contributed by atoms with E-state index in [4.69, 9.17) is 16.3 Å². The van der Waals surface area contributed by atoms with E-state index >= 15 is 0 Å². The van der Waals surface area contributed by atoms with Gasteiger partial charge in [-0.15, -0.1) is 0 Å². The van der Waals surface area contributed by atoms with Crippen LogP contribution in [0.4, 0.5) is 11.5 Å². The topological polar surface area (TPSA) is 67.3 Å². The molecular weight excluding hydrogens is 400 g/mol. The van der Waals surface area contributed by atoms with Crippen LogP contribution in [0.1, 0.15) is 12.8 Å². The number of nitrogens with zero attached hydrogens (tertiary/aromatic N) is 3. The highest BCUT2D eigenvalue weighted by Gasteiger charge is 2.27. The number of hydrogen-bond acceptors (Lipinski definition) is 5. The number of aromatic nitrogens is 2. The number of carbonyl (C=O) groups excluding carboxylic acids is 1. The van der Waals surface area contributed by atoms with Crippen LogP contribution in [0.3, 0.4) is 0 Å². The number of amides is 1. The zero-order valence-corrected chi connectivity index (χ0v) is 17.5. The molecule has 0 spiro atoms. The van der Waals surface area contributed by atoms with Gasteiger partial charge in [-0.1, -0.05) is 23.7 Å². The Kier molecular flexibility index (Phi) is 6.14. The van der Waals surface area contributed by atoms with Gasteiger partial charge in [-0.3, -0.25) is 4.79 Å². The number of hydrogen-bond donors (Lipinski definition) is 1. The summed E-state index contributed by atoms with van der Waals surface area (Å²) >= 11 is 6.18. The predicted octanol–water partition coefficient (Wildman–Crippen LogP) is 4.66. The quantitative estimate of drug-likeness (QED) is 0.647. The summed E-state index contributed by atoms with van der Waals surface area (Å²) in [6, 6.07) is 17.0. The lowest BCUT2D eigenvalue weighted by Crippen LogP contribution is -2.41. The van der Waals surface area contributed by atoms with Gasteiger partial charge in [0.15, 0.2) is 0 Å². The highest BCUT2D eigenvalue weighted by atomic mass is 35.5. The van der Waals surface area contributed by atoms with Crippen molar-refractivity contribution in [3.05, 3.63) is 65.9 Å². The molecule has 1 aliphatic rings. The number of para-hydroxylation sites is 1. The van der Waals surface area contributed by atoms with Gasteiger partial charge < -0.3 is 15.0 Å². The minimum atomic E-state index is -0.130. The average molecular weight is 423 g/mol. The van der Waals surface area contributed by atoms with Crippen LogP contribution in [-0.4, -0.2) is 36.1 Å². The number of ether oxygens (including phenoxy) is 1. The van der Waals surface area contributed by atoms with Crippen LogP contribution >= 0.6 is 11.6 Å². The normalized spacial score (nSPS) is 16.2. The minimum Gasteiger partial charge on any atom is -0.497 e. The average Bonchev–Trinajstić information content (AvgIpc) is 2.81. The van der Waals surface area contributed by atoms with Crippen molar-refractivity contribution in [2.75, 3.05) is 30.4 Å². The van der Waals surface area contributed by atoms with Crippen molar-refractivity contribution < 1.29 is 9.53 Å². The molecule has 0 saturated carbocycles. The highest BCUT2D eigenvalue weighted by molar-refractivity contribution is 6.33. The van der Waals surface area contributed by atoms with Crippen LogP contribution in [0.5, 0.6) is 5.75 Å². The van der Waals surface area contributed by atoms with Gasteiger partial charge in [0, 0.05) is 24.7 Å². The lowest BCUT2D eigenvalue weighted by Gasteiger charge is -2.33. The molecule has 0 unspecified atom stereocenters. The van der Waals surface area contributed by atoms with Crippen molar-refractivity contribution in [2.24, 2.45) is 5.92 Å². The van der Waals surface area contributed by atoms with Crippen LogP contribution in [0, 0.1) is 5.92 Å². The van der Waals surface area contributed by atoms with Gasteiger partial charge in [-0.25, -0.2) is 9.97 Å². The molecule has 1 amide bonds. The summed E-state index contributed by atoms with van der Waals surface area (Å²) in [7, 11) is 1.65. The molecule has 3 aromatic rings. The maximum Gasteiger partial charge on any atom is 0.229 e. The van der Waals surface area contributed by atoms with Crippen LogP contribution in [0.15, 0.2) is 60.9 Å². The number of methoxy groups -OCH3 is 1. The van der Waals surface area contributed by atoms with E-state index in [1.54, 1.807) is 19.5 Å². The number of halogens is 1. The molecule has 0 radical (unpaired) electrons. The van der Waals surface area contributed by atoms with Crippen LogP contribution in [0.25, 0.3) is 11.3 Å². The smallest absolute Gasteiger partial charge is 0.229 e. The maximum absolute atomic E-state index is 12.8. The molecule has 4 rings (SSSR count). The second-order valence-corrected chi connectivity index (χ2v) is 7.65. The molecule has 2 heterocycles. The Morgan fingerprint density at radius 3 is 2.73 bits per heavy atom. The predicted molar refractivity (Wildman–Crippen MR) is 119 cm³/mol. The van der Waals surface area contributed by atoms with Gasteiger partial charge in [0.05, 0.1) is 29.4 Å². The monoisotopic (exact) mass is 422 g/mol. The summed E-state index contributed by atoms with van der Waals surface area (Å²) in [5, 5.41) is 3.50. The van der Waals surface area contributed by atoms with Crippen molar-refractivity contribution in [2.45, 2.75) is 12.8 Å². The van der Waals surface area contributed by atoms with E-state index < -0.39 is 0 Å². The molecule has 6 nitrogen and oxygen atoms in total. The molecule has 1 saturated heterocycles. The van der Waals surface area contributed by atoms with E-state index in [0.29, 0.717) is 17.3 Å². The Morgan fingerprint density at radius 1 is 1.17 bits per heavy atom. The van der Waals surface area contributed by atoms with E-state index in [9.17, 15) is 4.79 Å². The maximum atomic E-state index is 12.8. The highest BCUT2D eigenvalue weighted by Crippen LogP contribution is 2.27. The number of piperidine rings is 1. The van der Waals surface area contributed by atoms with Gasteiger partial charge in [0.1, 0.15) is 17.9 Å². The molecule has 0 aliphatic carbocycles. The number of anilines is 2. The molecule has 1 aromatic heterocycles. The molecule has 30 heavy (non-hydrogen) atoms.